The fourth-order valence-electron chi connectivity index (χ4n) is 1.15. The molecular weight excluding hydrogens is 118 g/mol. The highest BCUT2D eigenvalue weighted by Crippen LogP contribution is 2.17. The van der Waals surface area contributed by atoms with Crippen molar-refractivity contribution in [3.05, 3.63) is 0 Å². The van der Waals surface area contributed by atoms with E-state index in [1.165, 1.54) is 0 Å². The smallest absolute Gasteiger partial charge is 0.0683 e. The topological polar surface area (TPSA) is 52.5 Å². The standard InChI is InChI=1S/C6H13NO2/c1-6(4-8)2-5(9)3-7-6/h5,7-9H,2-4H2,1H3/t5-,6-/m0/s1. The third-order valence-electron chi connectivity index (χ3n) is 1.80. The van der Waals surface area contributed by atoms with Crippen LogP contribution in [0.4, 0.5) is 0 Å². The van der Waals surface area contributed by atoms with E-state index in [9.17, 15) is 0 Å². The zero-order valence-electron chi connectivity index (χ0n) is 5.59. The lowest BCUT2D eigenvalue weighted by molar-refractivity contribution is 0.156. The monoisotopic (exact) mass is 131 g/mol. The van der Waals surface area contributed by atoms with E-state index in [2.05, 4.69) is 5.32 Å². The Morgan fingerprint density at radius 1 is 1.78 bits per heavy atom. The number of aliphatic hydroxyl groups excluding tert-OH is 2. The molecule has 1 fully saturated rings. The third kappa shape index (κ3) is 1.41. The van der Waals surface area contributed by atoms with Crippen LogP contribution in [0.5, 0.6) is 0 Å². The molecule has 0 bridgehead atoms. The van der Waals surface area contributed by atoms with Gasteiger partial charge >= 0.3 is 0 Å². The number of hydrogen-bond acceptors (Lipinski definition) is 3. The molecule has 3 nitrogen and oxygen atoms in total. The number of β-amino-alcohol motifs (C(OH)–C–C–N with tert-alkyl or cyclic N) is 1. The minimum atomic E-state index is -0.276. The fourth-order valence-corrected chi connectivity index (χ4v) is 1.15. The van der Waals surface area contributed by atoms with Crippen molar-refractivity contribution in [2.45, 2.75) is 25.0 Å². The quantitative estimate of drug-likeness (QED) is 0.432. The van der Waals surface area contributed by atoms with Gasteiger partial charge < -0.3 is 15.5 Å². The molecule has 2 atom stereocenters. The van der Waals surface area contributed by atoms with E-state index < -0.39 is 0 Å². The minimum Gasteiger partial charge on any atom is -0.394 e. The van der Waals surface area contributed by atoms with Crippen molar-refractivity contribution in [1.29, 1.82) is 0 Å². The summed E-state index contributed by atoms with van der Waals surface area (Å²) in [6, 6.07) is 0. The van der Waals surface area contributed by atoms with Crippen molar-refractivity contribution in [3.63, 3.8) is 0 Å². The molecule has 3 heteroatoms. The molecule has 0 aromatic carbocycles. The van der Waals surface area contributed by atoms with Gasteiger partial charge in [-0.05, 0) is 13.3 Å². The second-order valence-corrected chi connectivity index (χ2v) is 2.96. The van der Waals surface area contributed by atoms with Gasteiger partial charge in [-0.2, -0.15) is 0 Å². The second-order valence-electron chi connectivity index (χ2n) is 2.96. The van der Waals surface area contributed by atoms with Gasteiger partial charge in [0.05, 0.1) is 12.7 Å². The van der Waals surface area contributed by atoms with Crippen LogP contribution in [0.15, 0.2) is 0 Å². The van der Waals surface area contributed by atoms with E-state index in [1.807, 2.05) is 6.92 Å². The van der Waals surface area contributed by atoms with E-state index in [1.54, 1.807) is 0 Å². The summed E-state index contributed by atoms with van der Waals surface area (Å²) >= 11 is 0. The second kappa shape index (κ2) is 2.25. The minimum absolute atomic E-state index is 0.101. The van der Waals surface area contributed by atoms with Gasteiger partial charge in [0.2, 0.25) is 0 Å². The maximum atomic E-state index is 9.02. The number of hydrogen-bond donors (Lipinski definition) is 3. The number of aliphatic hydroxyl groups is 2. The molecule has 3 N–H and O–H groups in total. The lowest BCUT2D eigenvalue weighted by Gasteiger charge is -2.19. The number of nitrogens with one attached hydrogen (secondary N) is 1. The molecule has 0 unspecified atom stereocenters. The highest BCUT2D eigenvalue weighted by atomic mass is 16.3. The molecule has 1 aliphatic rings. The molecule has 0 spiro atoms. The molecule has 1 rings (SSSR count). The molecule has 0 saturated carbocycles. The van der Waals surface area contributed by atoms with Crippen LogP contribution in [0.2, 0.25) is 0 Å². The zero-order valence-corrected chi connectivity index (χ0v) is 5.59. The largest absolute Gasteiger partial charge is 0.394 e. The molecule has 0 aliphatic carbocycles. The Kier molecular flexibility index (Phi) is 1.75. The van der Waals surface area contributed by atoms with Crippen LogP contribution < -0.4 is 5.32 Å². The molecule has 0 aromatic rings. The highest BCUT2D eigenvalue weighted by molar-refractivity contribution is 4.92. The van der Waals surface area contributed by atoms with Gasteiger partial charge in [0.1, 0.15) is 0 Å². The van der Waals surface area contributed by atoms with Crippen molar-refractivity contribution in [2.24, 2.45) is 0 Å². The molecule has 1 aliphatic heterocycles. The Labute approximate surface area is 54.7 Å². The van der Waals surface area contributed by atoms with Crippen LogP contribution in [0, 0.1) is 0 Å². The van der Waals surface area contributed by atoms with Crippen molar-refractivity contribution >= 4 is 0 Å². The molecular formula is C6H13NO2. The normalized spacial score (nSPS) is 43.7. The molecule has 54 valence electrons. The Morgan fingerprint density at radius 2 is 2.44 bits per heavy atom. The Bertz CT molecular complexity index is 107. The third-order valence-corrected chi connectivity index (χ3v) is 1.80. The van der Waals surface area contributed by atoms with E-state index in [4.69, 9.17) is 10.2 Å². The summed E-state index contributed by atoms with van der Waals surface area (Å²) < 4.78 is 0. The van der Waals surface area contributed by atoms with E-state index in [-0.39, 0.29) is 18.2 Å². The van der Waals surface area contributed by atoms with Crippen molar-refractivity contribution in [2.75, 3.05) is 13.2 Å². The SMILES string of the molecule is C[C@@]1(CO)C[C@H](O)CN1. The summed E-state index contributed by atoms with van der Waals surface area (Å²) in [6.07, 6.45) is 0.380. The maximum Gasteiger partial charge on any atom is 0.0683 e. The zero-order chi connectivity index (χ0) is 6.91. The van der Waals surface area contributed by atoms with Crippen molar-refractivity contribution in [1.82, 2.24) is 5.32 Å². The Morgan fingerprint density at radius 3 is 2.67 bits per heavy atom. The predicted molar refractivity (Wildman–Crippen MR) is 34.1 cm³/mol. The van der Waals surface area contributed by atoms with Crippen molar-refractivity contribution < 1.29 is 10.2 Å². The van der Waals surface area contributed by atoms with Crippen LogP contribution in [0.25, 0.3) is 0 Å². The molecule has 0 amide bonds. The summed E-state index contributed by atoms with van der Waals surface area (Å²) in [5, 5.41) is 20.8. The van der Waals surface area contributed by atoms with Gasteiger partial charge in [-0.25, -0.2) is 0 Å². The average Bonchev–Trinajstić information content (AvgIpc) is 2.13. The van der Waals surface area contributed by atoms with Gasteiger partial charge in [0.25, 0.3) is 0 Å². The Hall–Kier alpha value is -0.120. The summed E-state index contributed by atoms with van der Waals surface area (Å²) in [6.45, 7) is 2.62. The first-order chi connectivity index (χ1) is 4.16. The first-order valence-electron chi connectivity index (χ1n) is 3.20. The van der Waals surface area contributed by atoms with Gasteiger partial charge in [0, 0.05) is 12.1 Å². The predicted octanol–water partition coefficient (Wildman–Crippen LogP) is -0.908. The van der Waals surface area contributed by atoms with Crippen LogP contribution in [-0.4, -0.2) is 35.0 Å². The average molecular weight is 131 g/mol. The van der Waals surface area contributed by atoms with Crippen LogP contribution >= 0.6 is 0 Å². The first-order valence-corrected chi connectivity index (χ1v) is 3.20. The Balaban J connectivity index is 2.45. The van der Waals surface area contributed by atoms with Crippen LogP contribution in [-0.2, 0) is 0 Å². The van der Waals surface area contributed by atoms with E-state index in [0.29, 0.717) is 13.0 Å². The molecule has 0 aromatic heterocycles. The molecule has 1 heterocycles. The molecule has 1 saturated heterocycles. The molecule has 0 radical (unpaired) electrons. The summed E-state index contributed by atoms with van der Waals surface area (Å²) in [5.41, 5.74) is -0.237. The van der Waals surface area contributed by atoms with Gasteiger partial charge in [-0.3, -0.25) is 0 Å². The summed E-state index contributed by atoms with van der Waals surface area (Å²) in [4.78, 5) is 0. The first kappa shape index (κ1) is 6.99. The van der Waals surface area contributed by atoms with Gasteiger partial charge in [-0.15, -0.1) is 0 Å². The van der Waals surface area contributed by atoms with Crippen LogP contribution in [0.3, 0.4) is 0 Å². The summed E-state index contributed by atoms with van der Waals surface area (Å²) in [5.74, 6) is 0. The van der Waals surface area contributed by atoms with E-state index in [0.717, 1.165) is 0 Å². The van der Waals surface area contributed by atoms with Gasteiger partial charge in [-0.1, -0.05) is 0 Å². The lowest BCUT2D eigenvalue weighted by atomic mass is 10.0. The van der Waals surface area contributed by atoms with Crippen molar-refractivity contribution in [3.8, 4) is 0 Å². The van der Waals surface area contributed by atoms with Crippen LogP contribution in [0.1, 0.15) is 13.3 Å². The lowest BCUT2D eigenvalue weighted by Crippen LogP contribution is -2.39. The summed E-state index contributed by atoms with van der Waals surface area (Å²) in [7, 11) is 0. The highest BCUT2D eigenvalue weighted by Gasteiger charge is 2.32. The van der Waals surface area contributed by atoms with E-state index >= 15 is 0 Å². The number of rotatable bonds is 1. The fraction of sp³-hybridized carbons (Fsp3) is 1.00. The molecule has 9 heavy (non-hydrogen) atoms. The maximum absolute atomic E-state index is 9.02. The van der Waals surface area contributed by atoms with Gasteiger partial charge in [0.15, 0.2) is 0 Å².